The normalized spacial score (nSPS) is 26.1. The van der Waals surface area contributed by atoms with Crippen LogP contribution in [0.15, 0.2) is 4.99 Å². The standard InChI is InChI=1S/C8H13N3O/c1-5-2-3-11-8(10)7(9)6(12)4-5/h5,9H,2-4H2,1H3,(H2,10,11). The number of ketones is 1. The van der Waals surface area contributed by atoms with Crippen molar-refractivity contribution in [3.05, 3.63) is 0 Å². The summed E-state index contributed by atoms with van der Waals surface area (Å²) in [7, 11) is 0. The smallest absolute Gasteiger partial charge is 0.184 e. The minimum absolute atomic E-state index is 0.0897. The molecule has 0 spiro atoms. The van der Waals surface area contributed by atoms with Gasteiger partial charge in [0.25, 0.3) is 0 Å². The molecule has 0 amide bonds. The molecule has 66 valence electrons. The van der Waals surface area contributed by atoms with Crippen LogP contribution in [-0.4, -0.2) is 23.9 Å². The van der Waals surface area contributed by atoms with E-state index in [-0.39, 0.29) is 17.3 Å². The highest BCUT2D eigenvalue weighted by Crippen LogP contribution is 2.10. The van der Waals surface area contributed by atoms with Crippen LogP contribution >= 0.6 is 0 Å². The number of hydrogen-bond donors (Lipinski definition) is 2. The zero-order valence-electron chi connectivity index (χ0n) is 7.13. The molecular weight excluding hydrogens is 154 g/mol. The average Bonchev–Trinajstić information content (AvgIpc) is 2.01. The van der Waals surface area contributed by atoms with E-state index in [0.717, 1.165) is 6.42 Å². The van der Waals surface area contributed by atoms with Gasteiger partial charge in [-0.05, 0) is 12.3 Å². The fraction of sp³-hybridized carbons (Fsp3) is 0.625. The number of carbonyl (C=O) groups excluding carboxylic acids is 1. The maximum atomic E-state index is 11.2. The van der Waals surface area contributed by atoms with E-state index in [0.29, 0.717) is 18.9 Å². The van der Waals surface area contributed by atoms with Crippen molar-refractivity contribution in [2.45, 2.75) is 19.8 Å². The molecule has 0 aliphatic carbocycles. The summed E-state index contributed by atoms with van der Waals surface area (Å²) in [6.45, 7) is 2.62. The van der Waals surface area contributed by atoms with Crippen LogP contribution in [0.2, 0.25) is 0 Å². The minimum Gasteiger partial charge on any atom is -0.382 e. The van der Waals surface area contributed by atoms with Crippen LogP contribution < -0.4 is 5.73 Å². The number of carbonyl (C=O) groups is 1. The quantitative estimate of drug-likeness (QED) is 0.546. The molecule has 1 unspecified atom stereocenters. The van der Waals surface area contributed by atoms with E-state index in [1.807, 2.05) is 6.92 Å². The van der Waals surface area contributed by atoms with Gasteiger partial charge >= 0.3 is 0 Å². The van der Waals surface area contributed by atoms with Gasteiger partial charge in [0.2, 0.25) is 0 Å². The molecular formula is C8H13N3O. The zero-order valence-corrected chi connectivity index (χ0v) is 7.13. The van der Waals surface area contributed by atoms with Crippen molar-refractivity contribution < 1.29 is 4.79 Å². The lowest BCUT2D eigenvalue weighted by atomic mass is 9.97. The lowest BCUT2D eigenvalue weighted by Gasteiger charge is -2.12. The van der Waals surface area contributed by atoms with Gasteiger partial charge < -0.3 is 5.73 Å². The van der Waals surface area contributed by atoms with E-state index in [9.17, 15) is 4.79 Å². The highest BCUT2D eigenvalue weighted by atomic mass is 16.1. The monoisotopic (exact) mass is 167 g/mol. The van der Waals surface area contributed by atoms with E-state index in [1.54, 1.807) is 0 Å². The highest BCUT2D eigenvalue weighted by Gasteiger charge is 2.18. The Morgan fingerprint density at radius 2 is 2.33 bits per heavy atom. The average molecular weight is 167 g/mol. The lowest BCUT2D eigenvalue weighted by Crippen LogP contribution is -2.33. The number of aliphatic imine (C=N–C) groups is 1. The Kier molecular flexibility index (Phi) is 2.58. The Bertz CT molecular complexity index is 245. The number of Topliss-reactive ketones (excluding diaryl/α,β-unsaturated/α-hetero) is 1. The van der Waals surface area contributed by atoms with Gasteiger partial charge in [0.1, 0.15) is 11.5 Å². The molecule has 0 aromatic carbocycles. The molecule has 4 heteroatoms. The summed E-state index contributed by atoms with van der Waals surface area (Å²) in [5.41, 5.74) is 5.26. The number of hydrogen-bond acceptors (Lipinski definition) is 4. The molecule has 3 N–H and O–H groups in total. The summed E-state index contributed by atoms with van der Waals surface area (Å²) in [5.74, 6) is 0.213. The first-order chi connectivity index (χ1) is 5.61. The first-order valence-electron chi connectivity index (χ1n) is 4.03. The largest absolute Gasteiger partial charge is 0.382 e. The van der Waals surface area contributed by atoms with Crippen LogP contribution in [0.4, 0.5) is 0 Å². The Labute approximate surface area is 71.4 Å². The zero-order chi connectivity index (χ0) is 9.14. The predicted octanol–water partition coefficient (Wildman–Crippen LogP) is 0.362. The second-order valence-electron chi connectivity index (χ2n) is 3.16. The molecule has 0 fully saturated rings. The van der Waals surface area contributed by atoms with Gasteiger partial charge in [0, 0.05) is 13.0 Å². The van der Waals surface area contributed by atoms with E-state index >= 15 is 0 Å². The Balaban J connectivity index is 2.80. The summed E-state index contributed by atoms with van der Waals surface area (Å²) in [6, 6.07) is 0. The van der Waals surface area contributed by atoms with Crippen LogP contribution in [0.1, 0.15) is 19.8 Å². The molecule has 1 aliphatic heterocycles. The molecule has 0 aromatic rings. The summed E-state index contributed by atoms with van der Waals surface area (Å²) >= 11 is 0. The fourth-order valence-corrected chi connectivity index (χ4v) is 1.15. The number of amidine groups is 1. The van der Waals surface area contributed by atoms with E-state index < -0.39 is 0 Å². The summed E-state index contributed by atoms with van der Waals surface area (Å²) in [5, 5.41) is 7.32. The molecule has 4 nitrogen and oxygen atoms in total. The van der Waals surface area contributed by atoms with Crippen molar-refractivity contribution in [2.24, 2.45) is 16.6 Å². The van der Waals surface area contributed by atoms with Crippen LogP contribution in [-0.2, 0) is 4.79 Å². The molecule has 1 rings (SSSR count). The molecule has 0 saturated carbocycles. The van der Waals surface area contributed by atoms with Crippen LogP contribution in [0.25, 0.3) is 0 Å². The van der Waals surface area contributed by atoms with Crippen molar-refractivity contribution in [1.82, 2.24) is 0 Å². The molecule has 0 bridgehead atoms. The van der Waals surface area contributed by atoms with Crippen molar-refractivity contribution in [1.29, 1.82) is 5.41 Å². The fourth-order valence-electron chi connectivity index (χ4n) is 1.15. The van der Waals surface area contributed by atoms with Gasteiger partial charge in [0.15, 0.2) is 5.78 Å². The molecule has 0 radical (unpaired) electrons. The Morgan fingerprint density at radius 3 is 3.00 bits per heavy atom. The van der Waals surface area contributed by atoms with Gasteiger partial charge in [-0.2, -0.15) is 0 Å². The van der Waals surface area contributed by atoms with Gasteiger partial charge in [-0.1, -0.05) is 6.92 Å². The molecule has 1 atom stereocenters. The maximum absolute atomic E-state index is 11.2. The van der Waals surface area contributed by atoms with Crippen LogP contribution in [0, 0.1) is 11.3 Å². The van der Waals surface area contributed by atoms with E-state index in [1.165, 1.54) is 0 Å². The van der Waals surface area contributed by atoms with Crippen molar-refractivity contribution in [2.75, 3.05) is 6.54 Å². The van der Waals surface area contributed by atoms with Gasteiger partial charge in [-0.3, -0.25) is 15.2 Å². The minimum atomic E-state index is -0.191. The van der Waals surface area contributed by atoms with Crippen molar-refractivity contribution in [3.8, 4) is 0 Å². The Morgan fingerprint density at radius 1 is 1.67 bits per heavy atom. The Hall–Kier alpha value is -1.19. The van der Waals surface area contributed by atoms with Gasteiger partial charge in [-0.15, -0.1) is 0 Å². The number of nitrogens with one attached hydrogen (secondary N) is 1. The molecule has 12 heavy (non-hydrogen) atoms. The number of nitrogens with two attached hydrogens (primary N) is 1. The van der Waals surface area contributed by atoms with Crippen molar-refractivity contribution >= 4 is 17.3 Å². The molecule has 1 aliphatic rings. The highest BCUT2D eigenvalue weighted by molar-refractivity contribution is 6.65. The lowest BCUT2D eigenvalue weighted by molar-refractivity contribution is -0.113. The number of nitrogens with zero attached hydrogens (tertiary/aromatic N) is 1. The summed E-state index contributed by atoms with van der Waals surface area (Å²) in [6.07, 6.45) is 1.30. The number of rotatable bonds is 0. The van der Waals surface area contributed by atoms with E-state index in [4.69, 9.17) is 11.1 Å². The second-order valence-corrected chi connectivity index (χ2v) is 3.16. The SMILES string of the molecule is CC1CCN=C(N)C(=N)C(=O)C1. The van der Waals surface area contributed by atoms with E-state index in [2.05, 4.69) is 4.99 Å². The van der Waals surface area contributed by atoms with Crippen LogP contribution in [0.5, 0.6) is 0 Å². The summed E-state index contributed by atoms with van der Waals surface area (Å²) < 4.78 is 0. The van der Waals surface area contributed by atoms with Gasteiger partial charge in [0.05, 0.1) is 0 Å². The first-order valence-corrected chi connectivity index (χ1v) is 4.03. The topological polar surface area (TPSA) is 79.3 Å². The summed E-state index contributed by atoms with van der Waals surface area (Å²) in [4.78, 5) is 15.1. The molecule has 1 heterocycles. The first kappa shape index (κ1) is 8.90. The maximum Gasteiger partial charge on any atom is 0.184 e. The third-order valence-corrected chi connectivity index (χ3v) is 1.97. The molecule has 0 saturated heterocycles. The van der Waals surface area contributed by atoms with Gasteiger partial charge in [-0.25, -0.2) is 0 Å². The molecule has 0 aromatic heterocycles. The third-order valence-electron chi connectivity index (χ3n) is 1.97. The predicted molar refractivity (Wildman–Crippen MR) is 47.6 cm³/mol. The van der Waals surface area contributed by atoms with Crippen molar-refractivity contribution in [3.63, 3.8) is 0 Å². The van der Waals surface area contributed by atoms with Crippen LogP contribution in [0.3, 0.4) is 0 Å². The second kappa shape index (κ2) is 3.47. The third kappa shape index (κ3) is 1.90.